The molecule has 0 N–H and O–H groups in total. The van der Waals surface area contributed by atoms with E-state index in [9.17, 15) is 0 Å². The van der Waals surface area contributed by atoms with Crippen LogP contribution in [0.2, 0.25) is 0 Å². The third-order valence-electron chi connectivity index (χ3n) is 2.62. The molecule has 0 amide bonds. The van der Waals surface area contributed by atoms with Crippen molar-refractivity contribution in [3.8, 4) is 23.6 Å². The van der Waals surface area contributed by atoms with Gasteiger partial charge in [0.1, 0.15) is 6.54 Å². The van der Waals surface area contributed by atoms with E-state index in [1.165, 1.54) is 0 Å². The Balaban J connectivity index is 2.44. The van der Waals surface area contributed by atoms with Gasteiger partial charge in [-0.15, -0.1) is 6.42 Å². The van der Waals surface area contributed by atoms with Gasteiger partial charge < -0.3 is 0 Å². The minimum Gasteiger partial charge on any atom is -0.265 e. The number of aromatic nitrogens is 3. The Morgan fingerprint density at radius 2 is 2.06 bits per heavy atom. The summed E-state index contributed by atoms with van der Waals surface area (Å²) in [6.07, 6.45) is 8.89. The van der Waals surface area contributed by atoms with E-state index >= 15 is 0 Å². The van der Waals surface area contributed by atoms with Gasteiger partial charge in [0, 0.05) is 23.7 Å². The Morgan fingerprint density at radius 3 is 2.65 bits per heavy atom. The number of pyridine rings is 1. The molecule has 0 fully saturated rings. The van der Waals surface area contributed by atoms with Crippen LogP contribution in [-0.2, 0) is 6.54 Å². The fourth-order valence-corrected chi connectivity index (χ4v) is 1.77. The summed E-state index contributed by atoms with van der Waals surface area (Å²) in [4.78, 5) is 4.00. The van der Waals surface area contributed by atoms with Crippen molar-refractivity contribution >= 4 is 0 Å². The average Bonchev–Trinajstić information content (AvgIpc) is 2.75. The molecule has 0 aromatic carbocycles. The SMILES string of the molecule is C#CCn1nc(-c2ccncc2)cc1C(C)C. The maximum Gasteiger partial charge on any atom is 0.102 e. The molecule has 0 aliphatic rings. The van der Waals surface area contributed by atoms with Crippen molar-refractivity contribution in [3.63, 3.8) is 0 Å². The molecule has 3 nitrogen and oxygen atoms in total. The molecule has 0 bridgehead atoms. The van der Waals surface area contributed by atoms with Gasteiger partial charge >= 0.3 is 0 Å². The highest BCUT2D eigenvalue weighted by molar-refractivity contribution is 5.58. The first-order valence-corrected chi connectivity index (χ1v) is 5.64. The van der Waals surface area contributed by atoms with Crippen molar-refractivity contribution < 1.29 is 0 Å². The fourth-order valence-electron chi connectivity index (χ4n) is 1.77. The molecule has 0 atom stereocenters. The highest BCUT2D eigenvalue weighted by Gasteiger charge is 2.11. The largest absolute Gasteiger partial charge is 0.265 e. The fraction of sp³-hybridized carbons (Fsp3) is 0.286. The first-order chi connectivity index (χ1) is 8.22. The Morgan fingerprint density at radius 1 is 1.35 bits per heavy atom. The Bertz CT molecular complexity index is 532. The summed E-state index contributed by atoms with van der Waals surface area (Å²) >= 11 is 0. The van der Waals surface area contributed by atoms with Gasteiger partial charge in [0.2, 0.25) is 0 Å². The zero-order chi connectivity index (χ0) is 12.3. The first-order valence-electron chi connectivity index (χ1n) is 5.64. The second kappa shape index (κ2) is 4.84. The third kappa shape index (κ3) is 2.36. The van der Waals surface area contributed by atoms with E-state index in [4.69, 9.17) is 6.42 Å². The van der Waals surface area contributed by atoms with E-state index < -0.39 is 0 Å². The molecular formula is C14H15N3. The summed E-state index contributed by atoms with van der Waals surface area (Å²) in [5.41, 5.74) is 3.18. The minimum absolute atomic E-state index is 0.409. The molecule has 0 radical (unpaired) electrons. The maximum atomic E-state index is 5.36. The molecular weight excluding hydrogens is 210 g/mol. The van der Waals surface area contributed by atoms with Crippen LogP contribution in [0.5, 0.6) is 0 Å². The molecule has 0 saturated heterocycles. The number of terminal acetylenes is 1. The molecule has 0 unspecified atom stereocenters. The van der Waals surface area contributed by atoms with E-state index in [1.807, 2.05) is 16.8 Å². The standard InChI is InChI=1S/C14H15N3/c1-4-9-17-14(11(2)3)10-13(16-17)12-5-7-15-8-6-12/h1,5-8,10-11H,9H2,2-3H3. The van der Waals surface area contributed by atoms with Gasteiger partial charge in [-0.05, 0) is 24.1 Å². The topological polar surface area (TPSA) is 30.7 Å². The van der Waals surface area contributed by atoms with Crippen molar-refractivity contribution in [2.24, 2.45) is 0 Å². The van der Waals surface area contributed by atoms with E-state index in [0.717, 1.165) is 17.0 Å². The van der Waals surface area contributed by atoms with Crippen LogP contribution >= 0.6 is 0 Å². The van der Waals surface area contributed by atoms with Gasteiger partial charge in [0.05, 0.1) is 5.69 Å². The molecule has 0 aliphatic carbocycles. The van der Waals surface area contributed by atoms with Crippen LogP contribution in [0.4, 0.5) is 0 Å². The van der Waals surface area contributed by atoms with Gasteiger partial charge in [0.25, 0.3) is 0 Å². The van der Waals surface area contributed by atoms with Crippen molar-refractivity contribution in [2.45, 2.75) is 26.3 Å². The van der Waals surface area contributed by atoms with Crippen LogP contribution in [0.1, 0.15) is 25.5 Å². The molecule has 0 spiro atoms. The molecule has 3 heteroatoms. The van der Waals surface area contributed by atoms with Crippen LogP contribution in [0.3, 0.4) is 0 Å². The van der Waals surface area contributed by atoms with Gasteiger partial charge in [-0.2, -0.15) is 5.10 Å². The lowest BCUT2D eigenvalue weighted by Gasteiger charge is -2.05. The van der Waals surface area contributed by atoms with Crippen LogP contribution in [0.25, 0.3) is 11.3 Å². The summed E-state index contributed by atoms with van der Waals surface area (Å²) in [5.74, 6) is 3.04. The summed E-state index contributed by atoms with van der Waals surface area (Å²) < 4.78 is 1.89. The van der Waals surface area contributed by atoms with Crippen molar-refractivity contribution in [3.05, 3.63) is 36.3 Å². The molecule has 2 aromatic heterocycles. The van der Waals surface area contributed by atoms with Crippen LogP contribution in [0.15, 0.2) is 30.6 Å². The van der Waals surface area contributed by atoms with E-state index in [-0.39, 0.29) is 0 Å². The van der Waals surface area contributed by atoms with Crippen LogP contribution < -0.4 is 0 Å². The predicted octanol–water partition coefficient (Wildman–Crippen LogP) is 2.70. The quantitative estimate of drug-likeness (QED) is 0.752. The van der Waals surface area contributed by atoms with Crippen molar-refractivity contribution in [1.29, 1.82) is 0 Å². The summed E-state index contributed by atoms with van der Waals surface area (Å²) in [6.45, 7) is 4.79. The van der Waals surface area contributed by atoms with Gasteiger partial charge in [-0.3, -0.25) is 9.67 Å². The van der Waals surface area contributed by atoms with Crippen molar-refractivity contribution in [1.82, 2.24) is 14.8 Å². The van der Waals surface area contributed by atoms with Crippen LogP contribution in [0, 0.1) is 12.3 Å². The summed E-state index contributed by atoms with van der Waals surface area (Å²) in [6, 6.07) is 6.00. The second-order valence-electron chi connectivity index (χ2n) is 4.21. The minimum atomic E-state index is 0.409. The molecule has 0 aliphatic heterocycles. The summed E-state index contributed by atoms with van der Waals surface area (Å²) in [7, 11) is 0. The Kier molecular flexibility index (Phi) is 3.24. The smallest absolute Gasteiger partial charge is 0.102 e. The molecule has 2 rings (SSSR count). The monoisotopic (exact) mass is 225 g/mol. The lowest BCUT2D eigenvalue weighted by atomic mass is 10.1. The van der Waals surface area contributed by atoms with E-state index in [2.05, 4.69) is 35.9 Å². The molecule has 0 saturated carbocycles. The lowest BCUT2D eigenvalue weighted by molar-refractivity contribution is 0.637. The predicted molar refractivity (Wildman–Crippen MR) is 68.4 cm³/mol. The van der Waals surface area contributed by atoms with Gasteiger partial charge in [-0.25, -0.2) is 0 Å². The Labute approximate surface area is 102 Å². The Hall–Kier alpha value is -2.08. The third-order valence-corrected chi connectivity index (χ3v) is 2.62. The van der Waals surface area contributed by atoms with Crippen molar-refractivity contribution in [2.75, 3.05) is 0 Å². The molecule has 17 heavy (non-hydrogen) atoms. The summed E-state index contributed by atoms with van der Waals surface area (Å²) in [5, 5.41) is 4.54. The number of nitrogens with zero attached hydrogens (tertiary/aromatic N) is 3. The number of hydrogen-bond acceptors (Lipinski definition) is 2. The highest BCUT2D eigenvalue weighted by atomic mass is 15.3. The maximum absolute atomic E-state index is 5.36. The van der Waals surface area contributed by atoms with E-state index in [0.29, 0.717) is 12.5 Å². The highest BCUT2D eigenvalue weighted by Crippen LogP contribution is 2.22. The van der Waals surface area contributed by atoms with E-state index in [1.54, 1.807) is 12.4 Å². The normalized spacial score (nSPS) is 10.5. The molecule has 2 heterocycles. The molecule has 2 aromatic rings. The van der Waals surface area contributed by atoms with Gasteiger partial charge in [0.15, 0.2) is 0 Å². The first kappa shape index (κ1) is 11.4. The average molecular weight is 225 g/mol. The zero-order valence-corrected chi connectivity index (χ0v) is 10.1. The molecule has 86 valence electrons. The lowest BCUT2D eigenvalue weighted by Crippen LogP contribution is -2.04. The number of rotatable bonds is 3. The van der Waals surface area contributed by atoms with Gasteiger partial charge in [-0.1, -0.05) is 19.8 Å². The zero-order valence-electron chi connectivity index (χ0n) is 10.1. The second-order valence-corrected chi connectivity index (χ2v) is 4.21. The number of hydrogen-bond donors (Lipinski definition) is 0. The van der Waals surface area contributed by atoms with Crippen LogP contribution in [-0.4, -0.2) is 14.8 Å².